The standard InChI is InChI=1S/C44H42N4O36P12/c49-85(50,51)29-9-17(10-30(86(52,53)54)41(29)93(73,74)75)37-21-1-2-22(45-21)38(18-11-31(87(55,56)57)42(94(76,77)78)32(12-18)88(58,59)60)24-5-6-26(47-24)40(20-15-35(91(67,68)69)44(96(82,83)84)36(16-20)92(70,71)72)28-8-7-27(48-28)39(25-4-3-23(37)46-25)19-13-33(89(61,62)63)43(95(79,80)81)34(14-19)90(64,65)66/h1-16,45,48H,(H2,49,50,51)(H2,52,53,54)(H2,55,56,57)(H2,58,59,60)(H2,61,62,63)(H2,64,65,66)(H2,67,68,69)(H2,70,71,72)(H2,73,74,75)(H2,76,77,78)(H2,79,80,81)(H2,82,83,84). The molecule has 26 N–H and O–H groups in total. The van der Waals surface area contributed by atoms with Gasteiger partial charge in [0.25, 0.3) is 0 Å². The van der Waals surface area contributed by atoms with Crippen molar-refractivity contribution in [1.82, 2.24) is 19.9 Å². The van der Waals surface area contributed by atoms with E-state index in [1.165, 1.54) is 0 Å². The molecule has 7 aromatic rings. The number of hydrogen-bond acceptors (Lipinski definition) is 14. The third-order valence-electron chi connectivity index (χ3n) is 13.9. The Morgan fingerprint density at radius 3 is 0.469 bits per heavy atom. The number of benzene rings is 4. The molecule has 0 saturated carbocycles. The van der Waals surface area contributed by atoms with Gasteiger partial charge in [-0.15, -0.1) is 0 Å². The topological polar surface area (TPSA) is 748 Å². The Bertz CT molecular complexity index is 4660. The quantitative estimate of drug-likeness (QED) is 0.0428. The van der Waals surface area contributed by atoms with Gasteiger partial charge in [-0.25, -0.2) is 9.97 Å². The Kier molecular flexibility index (Phi) is 19.3. The second-order valence-electron chi connectivity index (χ2n) is 20.5. The minimum atomic E-state index is -6.23. The average molecular weight is 1570 g/mol. The smallest absolute Gasteiger partial charge is 0.354 e. The fraction of sp³-hybridized carbons (Fsp3) is 0. The number of hydrogen-bond donors (Lipinski definition) is 26. The summed E-state index contributed by atoms with van der Waals surface area (Å²) in [4.78, 5) is 268. The van der Waals surface area contributed by atoms with E-state index >= 15 is 0 Å². The van der Waals surface area contributed by atoms with Crippen molar-refractivity contribution >= 4 is 201 Å². The van der Waals surface area contributed by atoms with Crippen molar-refractivity contribution < 1.29 is 172 Å². The third-order valence-corrected chi connectivity index (χ3v) is 27.4. The van der Waals surface area contributed by atoms with E-state index in [0.717, 1.165) is 48.6 Å². The first-order valence-corrected chi connectivity index (χ1v) is 44.2. The predicted octanol–water partition coefficient (Wildman–Crippen LogP) is -3.04. The zero-order valence-corrected chi connectivity index (χ0v) is 56.9. The summed E-state index contributed by atoms with van der Waals surface area (Å²) in [5.41, 5.74) is -12.1. The van der Waals surface area contributed by atoms with Gasteiger partial charge in [0, 0.05) is 44.3 Å². The molecule has 0 aliphatic carbocycles. The highest BCUT2D eigenvalue weighted by atomic mass is 31.2. The lowest BCUT2D eigenvalue weighted by molar-refractivity contribution is 0.379. The SMILES string of the molecule is O=P(O)(O)c1cc(-c2c3nc(c(-c4cc(P(=O)(O)O)c(P(=O)(O)O)c(P(=O)(O)O)c4)c4ccc([nH]4)c(-c4cc(P(=O)(O)O)c(P(=O)(O)O)c(P(=O)(O)O)c4)c4nc(c(-c5cc(P(=O)(O)O)c(P(=O)(O)O)c(P(=O)(O)O)c5)c5ccc2[nH]5)C=C4)C=C3)cc(P(=O)(O)O)c1P(=O)(O)O. The molecule has 2 aliphatic rings. The van der Waals surface area contributed by atoms with Crippen LogP contribution in [0.5, 0.6) is 0 Å². The van der Waals surface area contributed by atoms with Crippen LogP contribution in [0.3, 0.4) is 0 Å². The Morgan fingerprint density at radius 2 is 0.354 bits per heavy atom. The van der Waals surface area contributed by atoms with Crippen LogP contribution in [0, 0.1) is 0 Å². The summed E-state index contributed by atoms with van der Waals surface area (Å²) in [7, 11) is -74.6. The number of fused-ring (bicyclic) bond motifs is 8. The van der Waals surface area contributed by atoms with E-state index in [0.29, 0.717) is 0 Å². The minimum Gasteiger partial charge on any atom is -0.354 e. The molecule has 40 nitrogen and oxygen atoms in total. The van der Waals surface area contributed by atoms with Gasteiger partial charge in [-0.1, -0.05) is 0 Å². The second kappa shape index (κ2) is 24.5. The summed E-state index contributed by atoms with van der Waals surface area (Å²) in [5.74, 6) is 0. The maximum atomic E-state index is 13.3. The molecule has 9 rings (SSSR count). The van der Waals surface area contributed by atoms with Crippen LogP contribution in [-0.4, -0.2) is 137 Å². The van der Waals surface area contributed by atoms with E-state index in [-0.39, 0.29) is 48.5 Å². The molecule has 0 spiro atoms. The number of nitrogens with zero attached hydrogens (tertiary/aromatic N) is 2. The van der Waals surface area contributed by atoms with Gasteiger partial charge < -0.3 is 127 Å². The van der Waals surface area contributed by atoms with Crippen LogP contribution in [-0.2, 0) is 54.8 Å². The number of rotatable bonds is 16. The summed E-state index contributed by atoms with van der Waals surface area (Å²) in [6.45, 7) is 0. The molecule has 4 aromatic carbocycles. The highest BCUT2D eigenvalue weighted by Crippen LogP contribution is 2.52. The van der Waals surface area contributed by atoms with Gasteiger partial charge in [0.05, 0.1) is 86.4 Å². The molecule has 0 saturated heterocycles. The molecule has 0 fully saturated rings. The monoisotopic (exact) mass is 1570 g/mol. The molecule has 0 radical (unpaired) electrons. The first-order valence-electron chi connectivity index (χ1n) is 24.8. The molecule has 0 amide bonds. The first kappa shape index (κ1) is 75.5. The normalized spacial score (nSPS) is 14.2. The van der Waals surface area contributed by atoms with Crippen LogP contribution in [0.4, 0.5) is 0 Å². The number of nitrogens with one attached hydrogen (secondary N) is 2. The lowest BCUT2D eigenvalue weighted by Gasteiger charge is -2.20. The molecule has 0 unspecified atom stereocenters. The molecule has 514 valence electrons. The van der Waals surface area contributed by atoms with Gasteiger partial charge in [-0.05, 0) is 119 Å². The van der Waals surface area contributed by atoms with Crippen LogP contribution in [0.15, 0.2) is 72.8 Å². The van der Waals surface area contributed by atoms with Crippen molar-refractivity contribution in [2.75, 3.05) is 0 Å². The van der Waals surface area contributed by atoms with E-state index in [4.69, 9.17) is 0 Å². The number of aromatic amines is 2. The summed E-state index contributed by atoms with van der Waals surface area (Å²) in [6, 6.07) is 5.88. The van der Waals surface area contributed by atoms with Crippen molar-refractivity contribution in [3.05, 3.63) is 95.6 Å². The Balaban J connectivity index is 1.67. The third kappa shape index (κ3) is 15.0. The molecule has 96 heavy (non-hydrogen) atoms. The molecule has 0 atom stereocenters. The maximum Gasteiger partial charge on any atom is 0.358 e. The average Bonchev–Trinajstić information content (AvgIpc) is 1.27. The molecule has 2 aliphatic heterocycles. The number of aromatic nitrogens is 4. The first-order chi connectivity index (χ1) is 43.2. The van der Waals surface area contributed by atoms with Gasteiger partial charge >= 0.3 is 91.1 Å². The van der Waals surface area contributed by atoms with Crippen molar-refractivity contribution in [1.29, 1.82) is 0 Å². The molecular formula is C44H42N4O36P12. The fourth-order valence-corrected chi connectivity index (χ4v) is 25.5. The van der Waals surface area contributed by atoms with Gasteiger partial charge in [0.1, 0.15) is 0 Å². The lowest BCUT2D eigenvalue weighted by Crippen LogP contribution is -2.37. The van der Waals surface area contributed by atoms with Gasteiger partial charge in [0.2, 0.25) is 0 Å². The molecule has 3 aromatic heterocycles. The highest BCUT2D eigenvalue weighted by Gasteiger charge is 2.45. The summed E-state index contributed by atoms with van der Waals surface area (Å²) in [6.07, 6.45) is 3.49. The zero-order valence-electron chi connectivity index (χ0n) is 46.1. The second-order valence-corrected chi connectivity index (χ2v) is 39.2. The van der Waals surface area contributed by atoms with Gasteiger partial charge in [-0.2, -0.15) is 0 Å². The molecule has 5 heterocycles. The fourth-order valence-electron chi connectivity index (χ4n) is 10.4. The van der Waals surface area contributed by atoms with E-state index in [2.05, 4.69) is 19.9 Å². The van der Waals surface area contributed by atoms with E-state index in [1.807, 2.05) is 0 Å². The predicted molar refractivity (Wildman–Crippen MR) is 341 cm³/mol. The largest absolute Gasteiger partial charge is 0.358 e. The zero-order chi connectivity index (χ0) is 72.3. The van der Waals surface area contributed by atoms with Crippen LogP contribution >= 0.6 is 91.1 Å². The summed E-state index contributed by atoms with van der Waals surface area (Å²) in [5, 5.41) is -21.9. The van der Waals surface area contributed by atoms with Crippen LogP contribution < -0.4 is 63.7 Å². The Hall–Kier alpha value is -4.72. The number of H-pyrrole nitrogens is 2. The summed E-state index contributed by atoms with van der Waals surface area (Å²) < 4.78 is 158. The molecular weight excluding hydrogens is 1530 g/mol. The van der Waals surface area contributed by atoms with Gasteiger partial charge in [0.15, 0.2) is 0 Å². The van der Waals surface area contributed by atoms with Crippen molar-refractivity contribution in [3.63, 3.8) is 0 Å². The highest BCUT2D eigenvalue weighted by molar-refractivity contribution is 7.73. The van der Waals surface area contributed by atoms with Gasteiger partial charge in [-0.3, -0.25) is 54.8 Å². The van der Waals surface area contributed by atoms with Crippen LogP contribution in [0.2, 0.25) is 0 Å². The Morgan fingerprint density at radius 1 is 0.219 bits per heavy atom. The van der Waals surface area contributed by atoms with E-state index in [9.17, 15) is 172 Å². The molecule has 52 heteroatoms. The minimum absolute atomic E-state index is 0.285. The lowest BCUT2D eigenvalue weighted by atomic mass is 10.0. The van der Waals surface area contributed by atoms with E-state index in [1.54, 1.807) is 0 Å². The maximum absolute atomic E-state index is 13.3. The summed E-state index contributed by atoms with van der Waals surface area (Å²) >= 11 is 0. The van der Waals surface area contributed by atoms with Crippen molar-refractivity contribution in [2.24, 2.45) is 0 Å². The van der Waals surface area contributed by atoms with Crippen molar-refractivity contribution in [2.45, 2.75) is 0 Å². The van der Waals surface area contributed by atoms with Crippen LogP contribution in [0.1, 0.15) is 22.8 Å². The van der Waals surface area contributed by atoms with Crippen LogP contribution in [0.25, 0.3) is 90.9 Å². The van der Waals surface area contributed by atoms with Crippen molar-refractivity contribution in [3.8, 4) is 44.5 Å². The Labute approximate surface area is 531 Å². The van der Waals surface area contributed by atoms with E-state index < -0.39 is 244 Å². The molecule has 8 bridgehead atoms.